The normalized spacial score (nSPS) is 13.1. The molecule has 0 heterocycles. The van der Waals surface area contributed by atoms with Gasteiger partial charge in [0.15, 0.2) is 0 Å². The van der Waals surface area contributed by atoms with E-state index in [1.807, 2.05) is 6.92 Å². The van der Waals surface area contributed by atoms with Crippen LogP contribution in [0.4, 0.5) is 18.9 Å². The molecule has 1 N–H and O–H groups in total. The van der Waals surface area contributed by atoms with Gasteiger partial charge in [-0.25, -0.2) is 0 Å². The third-order valence-electron chi connectivity index (χ3n) is 2.82. The maximum absolute atomic E-state index is 12.1. The van der Waals surface area contributed by atoms with Crippen LogP contribution < -0.4 is 5.32 Å². The lowest BCUT2D eigenvalue weighted by molar-refractivity contribution is -0.384. The highest BCUT2D eigenvalue weighted by atomic mass is 32.2. The number of nitrogens with one attached hydrogen (secondary N) is 1. The Hall–Kier alpha value is -1.28. The molecule has 118 valence electrons. The summed E-state index contributed by atoms with van der Waals surface area (Å²) in [5.74, 6) is -0.0847. The lowest BCUT2D eigenvalue weighted by Gasteiger charge is -2.18. The molecule has 0 bridgehead atoms. The monoisotopic (exact) mass is 322 g/mol. The second kappa shape index (κ2) is 8.23. The molecule has 0 fully saturated rings. The zero-order valence-electron chi connectivity index (χ0n) is 11.5. The molecule has 0 saturated carbocycles. The van der Waals surface area contributed by atoms with Crippen LogP contribution in [0.3, 0.4) is 0 Å². The number of hydrogen-bond donors (Lipinski definition) is 1. The Balaban J connectivity index is 2.64. The molecule has 1 aromatic carbocycles. The second-order valence-corrected chi connectivity index (χ2v) is 5.60. The summed E-state index contributed by atoms with van der Waals surface area (Å²) in [7, 11) is 0. The van der Waals surface area contributed by atoms with Gasteiger partial charge in [-0.05, 0) is 23.7 Å². The zero-order valence-corrected chi connectivity index (χ0v) is 12.3. The SMILES string of the molecule is CCCC(NCCSC(F)(F)F)c1cccc([N+](=O)[O-])c1. The highest BCUT2D eigenvalue weighted by Crippen LogP contribution is 2.30. The van der Waals surface area contributed by atoms with Crippen LogP contribution in [0.5, 0.6) is 0 Å². The summed E-state index contributed by atoms with van der Waals surface area (Å²) in [6, 6.07) is 6.01. The number of benzene rings is 1. The maximum atomic E-state index is 12.1. The fourth-order valence-corrected chi connectivity index (χ4v) is 2.38. The highest BCUT2D eigenvalue weighted by Gasteiger charge is 2.27. The maximum Gasteiger partial charge on any atom is 0.441 e. The average molecular weight is 322 g/mol. The molecule has 0 amide bonds. The number of nitro groups is 1. The van der Waals surface area contributed by atoms with Crippen molar-refractivity contribution < 1.29 is 18.1 Å². The van der Waals surface area contributed by atoms with E-state index in [-0.39, 0.29) is 35.8 Å². The topological polar surface area (TPSA) is 55.2 Å². The fraction of sp³-hybridized carbons (Fsp3) is 0.538. The van der Waals surface area contributed by atoms with Gasteiger partial charge < -0.3 is 5.32 Å². The summed E-state index contributed by atoms with van der Waals surface area (Å²) in [6.07, 6.45) is 1.53. The Bertz CT molecular complexity index is 469. The van der Waals surface area contributed by atoms with Gasteiger partial charge in [-0.3, -0.25) is 10.1 Å². The minimum atomic E-state index is -4.23. The Morgan fingerprint density at radius 3 is 2.71 bits per heavy atom. The van der Waals surface area contributed by atoms with Gasteiger partial charge in [0.25, 0.3) is 5.69 Å². The van der Waals surface area contributed by atoms with Crippen LogP contribution in [0, 0.1) is 10.1 Å². The lowest BCUT2D eigenvalue weighted by atomic mass is 10.0. The van der Waals surface area contributed by atoms with Crippen molar-refractivity contribution in [1.82, 2.24) is 5.32 Å². The summed E-state index contributed by atoms with van der Waals surface area (Å²) in [5, 5.41) is 13.8. The van der Waals surface area contributed by atoms with Crippen molar-refractivity contribution in [1.29, 1.82) is 0 Å². The molecular weight excluding hydrogens is 305 g/mol. The van der Waals surface area contributed by atoms with E-state index in [2.05, 4.69) is 5.32 Å². The summed E-state index contributed by atoms with van der Waals surface area (Å²) in [6.45, 7) is 2.15. The van der Waals surface area contributed by atoms with Crippen molar-refractivity contribution in [3.63, 3.8) is 0 Å². The van der Waals surface area contributed by atoms with E-state index in [9.17, 15) is 23.3 Å². The van der Waals surface area contributed by atoms with Crippen molar-refractivity contribution >= 4 is 17.4 Å². The second-order valence-electron chi connectivity index (χ2n) is 4.44. The molecule has 0 spiro atoms. The molecule has 0 aliphatic heterocycles. The molecule has 1 rings (SSSR count). The number of nitro benzene ring substituents is 1. The molecule has 0 saturated heterocycles. The summed E-state index contributed by atoms with van der Waals surface area (Å²) in [4.78, 5) is 10.3. The molecule has 1 unspecified atom stereocenters. The Kier molecular flexibility index (Phi) is 6.97. The van der Waals surface area contributed by atoms with Crippen molar-refractivity contribution in [2.45, 2.75) is 31.3 Å². The van der Waals surface area contributed by atoms with Gasteiger partial charge in [0, 0.05) is 30.5 Å². The van der Waals surface area contributed by atoms with Crippen LogP contribution in [0.2, 0.25) is 0 Å². The van der Waals surface area contributed by atoms with Gasteiger partial charge in [-0.15, -0.1) is 0 Å². The molecule has 1 aromatic rings. The average Bonchev–Trinajstić information content (AvgIpc) is 2.41. The van der Waals surface area contributed by atoms with Gasteiger partial charge in [0.1, 0.15) is 0 Å². The molecule has 0 aromatic heterocycles. The zero-order chi connectivity index (χ0) is 15.9. The minimum Gasteiger partial charge on any atom is -0.309 e. The van der Waals surface area contributed by atoms with Crippen LogP contribution >= 0.6 is 11.8 Å². The third-order valence-corrected chi connectivity index (χ3v) is 3.55. The number of hydrogen-bond acceptors (Lipinski definition) is 4. The molecule has 0 aliphatic rings. The van der Waals surface area contributed by atoms with Crippen LogP contribution in [-0.4, -0.2) is 22.7 Å². The van der Waals surface area contributed by atoms with E-state index < -0.39 is 10.4 Å². The van der Waals surface area contributed by atoms with Crippen LogP contribution in [0.1, 0.15) is 31.4 Å². The van der Waals surface area contributed by atoms with E-state index in [0.29, 0.717) is 6.42 Å². The van der Waals surface area contributed by atoms with Crippen molar-refractivity contribution in [3.8, 4) is 0 Å². The molecule has 4 nitrogen and oxygen atoms in total. The Morgan fingerprint density at radius 1 is 1.43 bits per heavy atom. The highest BCUT2D eigenvalue weighted by molar-refractivity contribution is 8.00. The van der Waals surface area contributed by atoms with Gasteiger partial charge in [-0.1, -0.05) is 25.5 Å². The molecule has 1 atom stereocenters. The summed E-state index contributed by atoms with van der Waals surface area (Å²) >= 11 is -0.0738. The first kappa shape index (κ1) is 17.8. The quantitative estimate of drug-likeness (QED) is 0.441. The number of halogens is 3. The number of rotatable bonds is 8. The van der Waals surface area contributed by atoms with Crippen LogP contribution in [0.25, 0.3) is 0 Å². The van der Waals surface area contributed by atoms with E-state index in [0.717, 1.165) is 12.0 Å². The van der Waals surface area contributed by atoms with Gasteiger partial charge in [0.2, 0.25) is 0 Å². The van der Waals surface area contributed by atoms with Crippen molar-refractivity contribution in [2.75, 3.05) is 12.3 Å². The molecule has 0 aliphatic carbocycles. The summed E-state index contributed by atoms with van der Waals surface area (Å²) < 4.78 is 36.2. The Morgan fingerprint density at radius 2 is 2.14 bits per heavy atom. The van der Waals surface area contributed by atoms with E-state index in [4.69, 9.17) is 0 Å². The number of nitrogens with zero attached hydrogens (tertiary/aromatic N) is 1. The standard InChI is InChI=1S/C13H17F3N2O2S/c1-2-4-12(17-7-8-21-13(14,15)16)10-5-3-6-11(9-10)18(19)20/h3,5-6,9,12,17H,2,4,7-8H2,1H3. The lowest BCUT2D eigenvalue weighted by Crippen LogP contribution is -2.24. The van der Waals surface area contributed by atoms with Gasteiger partial charge in [0.05, 0.1) is 4.92 Å². The Labute approximate surface area is 125 Å². The predicted molar refractivity (Wildman–Crippen MR) is 77.3 cm³/mol. The van der Waals surface area contributed by atoms with Gasteiger partial charge >= 0.3 is 5.51 Å². The van der Waals surface area contributed by atoms with E-state index >= 15 is 0 Å². The molecule has 0 radical (unpaired) electrons. The van der Waals surface area contributed by atoms with Crippen molar-refractivity contribution in [2.24, 2.45) is 0 Å². The first-order valence-electron chi connectivity index (χ1n) is 6.52. The number of non-ortho nitro benzene ring substituents is 1. The molecule has 8 heteroatoms. The van der Waals surface area contributed by atoms with E-state index in [1.165, 1.54) is 12.1 Å². The largest absolute Gasteiger partial charge is 0.441 e. The summed E-state index contributed by atoms with van der Waals surface area (Å²) in [5.41, 5.74) is -3.52. The fourth-order valence-electron chi connectivity index (χ4n) is 1.93. The van der Waals surface area contributed by atoms with Crippen LogP contribution in [0.15, 0.2) is 24.3 Å². The minimum absolute atomic E-state index is 0.0138. The first-order valence-corrected chi connectivity index (χ1v) is 7.50. The predicted octanol–water partition coefficient (Wildman–Crippen LogP) is 4.28. The molecular formula is C13H17F3N2O2S. The molecule has 21 heavy (non-hydrogen) atoms. The van der Waals surface area contributed by atoms with Gasteiger partial charge in [-0.2, -0.15) is 13.2 Å². The number of alkyl halides is 3. The smallest absolute Gasteiger partial charge is 0.309 e. The third kappa shape index (κ3) is 6.81. The van der Waals surface area contributed by atoms with E-state index in [1.54, 1.807) is 12.1 Å². The van der Waals surface area contributed by atoms with Crippen LogP contribution in [-0.2, 0) is 0 Å². The first-order chi connectivity index (χ1) is 9.83. The number of thioether (sulfide) groups is 1. The van der Waals surface area contributed by atoms with Crippen molar-refractivity contribution in [3.05, 3.63) is 39.9 Å².